The SMILES string of the molecule is CCc1ccc(-n2cnc3cc(N)ccc32)cc1. The molecular formula is C15H15N3. The first-order valence-electron chi connectivity index (χ1n) is 6.10. The Hall–Kier alpha value is -2.29. The number of hydrogen-bond donors (Lipinski definition) is 1. The maximum Gasteiger partial charge on any atom is 0.100 e. The smallest absolute Gasteiger partial charge is 0.100 e. The molecule has 3 aromatic rings. The van der Waals surface area contributed by atoms with Crippen molar-refractivity contribution >= 4 is 16.7 Å². The Morgan fingerprint density at radius 1 is 1.11 bits per heavy atom. The second kappa shape index (κ2) is 4.18. The average molecular weight is 237 g/mol. The summed E-state index contributed by atoms with van der Waals surface area (Å²) in [6, 6.07) is 14.3. The summed E-state index contributed by atoms with van der Waals surface area (Å²) < 4.78 is 2.08. The third-order valence-corrected chi connectivity index (χ3v) is 3.19. The van der Waals surface area contributed by atoms with Gasteiger partial charge in [0.1, 0.15) is 6.33 Å². The molecule has 1 aromatic heterocycles. The van der Waals surface area contributed by atoms with E-state index in [-0.39, 0.29) is 0 Å². The molecule has 0 aliphatic heterocycles. The number of fused-ring (bicyclic) bond motifs is 1. The van der Waals surface area contributed by atoms with Crippen LogP contribution >= 0.6 is 0 Å². The lowest BCUT2D eigenvalue weighted by Gasteiger charge is -2.05. The zero-order chi connectivity index (χ0) is 12.5. The summed E-state index contributed by atoms with van der Waals surface area (Å²) in [5, 5.41) is 0. The van der Waals surface area contributed by atoms with Gasteiger partial charge >= 0.3 is 0 Å². The molecule has 3 heteroatoms. The quantitative estimate of drug-likeness (QED) is 0.696. The Labute approximate surface area is 106 Å². The van der Waals surface area contributed by atoms with Crippen molar-refractivity contribution in [2.75, 3.05) is 5.73 Å². The third kappa shape index (κ3) is 1.74. The highest BCUT2D eigenvalue weighted by molar-refractivity contribution is 5.80. The van der Waals surface area contributed by atoms with E-state index in [2.05, 4.69) is 40.7 Å². The molecule has 3 nitrogen and oxygen atoms in total. The Morgan fingerprint density at radius 3 is 2.61 bits per heavy atom. The Bertz CT molecular complexity index is 681. The number of benzene rings is 2. The summed E-state index contributed by atoms with van der Waals surface area (Å²) in [5.41, 5.74) is 11.0. The lowest BCUT2D eigenvalue weighted by atomic mass is 10.1. The topological polar surface area (TPSA) is 43.8 Å². The van der Waals surface area contributed by atoms with Crippen LogP contribution in [0.2, 0.25) is 0 Å². The minimum Gasteiger partial charge on any atom is -0.399 e. The van der Waals surface area contributed by atoms with Gasteiger partial charge in [0, 0.05) is 11.4 Å². The number of rotatable bonds is 2. The van der Waals surface area contributed by atoms with E-state index >= 15 is 0 Å². The van der Waals surface area contributed by atoms with Crippen molar-refractivity contribution in [3.8, 4) is 5.69 Å². The third-order valence-electron chi connectivity index (χ3n) is 3.19. The average Bonchev–Trinajstić information content (AvgIpc) is 2.81. The number of hydrogen-bond acceptors (Lipinski definition) is 2. The van der Waals surface area contributed by atoms with Crippen molar-refractivity contribution in [2.45, 2.75) is 13.3 Å². The monoisotopic (exact) mass is 237 g/mol. The molecule has 0 spiro atoms. The van der Waals surface area contributed by atoms with Gasteiger partial charge in [-0.05, 0) is 42.3 Å². The molecule has 0 aliphatic carbocycles. The van der Waals surface area contributed by atoms with Crippen LogP contribution in [0, 0.1) is 0 Å². The van der Waals surface area contributed by atoms with Crippen LogP contribution in [0.1, 0.15) is 12.5 Å². The highest BCUT2D eigenvalue weighted by Crippen LogP contribution is 2.20. The van der Waals surface area contributed by atoms with Crippen molar-refractivity contribution in [1.29, 1.82) is 0 Å². The molecule has 1 heterocycles. The summed E-state index contributed by atoms with van der Waals surface area (Å²) in [5.74, 6) is 0. The van der Waals surface area contributed by atoms with Crippen molar-refractivity contribution in [1.82, 2.24) is 9.55 Å². The predicted octanol–water partition coefficient (Wildman–Crippen LogP) is 3.17. The van der Waals surface area contributed by atoms with Gasteiger partial charge in [-0.1, -0.05) is 19.1 Å². The van der Waals surface area contributed by atoms with E-state index in [0.29, 0.717) is 0 Å². The van der Waals surface area contributed by atoms with E-state index < -0.39 is 0 Å². The molecule has 0 saturated heterocycles. The van der Waals surface area contributed by atoms with Crippen LogP contribution < -0.4 is 5.73 Å². The van der Waals surface area contributed by atoms with Gasteiger partial charge in [0.15, 0.2) is 0 Å². The van der Waals surface area contributed by atoms with Crippen molar-refractivity contribution in [3.05, 3.63) is 54.4 Å². The van der Waals surface area contributed by atoms with Gasteiger partial charge in [-0.15, -0.1) is 0 Å². The van der Waals surface area contributed by atoms with Gasteiger partial charge in [-0.3, -0.25) is 4.57 Å². The van der Waals surface area contributed by atoms with Crippen LogP contribution in [-0.4, -0.2) is 9.55 Å². The molecule has 0 unspecified atom stereocenters. The van der Waals surface area contributed by atoms with E-state index in [0.717, 1.165) is 28.8 Å². The van der Waals surface area contributed by atoms with Gasteiger partial charge in [0.05, 0.1) is 11.0 Å². The van der Waals surface area contributed by atoms with Crippen LogP contribution in [0.5, 0.6) is 0 Å². The summed E-state index contributed by atoms with van der Waals surface area (Å²) in [7, 11) is 0. The number of anilines is 1. The zero-order valence-electron chi connectivity index (χ0n) is 10.3. The largest absolute Gasteiger partial charge is 0.399 e. The number of nitrogens with two attached hydrogens (primary N) is 1. The highest BCUT2D eigenvalue weighted by Gasteiger charge is 2.04. The van der Waals surface area contributed by atoms with E-state index in [1.807, 2.05) is 24.5 Å². The van der Waals surface area contributed by atoms with Gasteiger partial charge in [0.25, 0.3) is 0 Å². The molecule has 0 saturated carbocycles. The first-order valence-corrected chi connectivity index (χ1v) is 6.10. The lowest BCUT2D eigenvalue weighted by molar-refractivity contribution is 1.08. The molecule has 0 amide bonds. The lowest BCUT2D eigenvalue weighted by Crippen LogP contribution is -1.92. The fourth-order valence-corrected chi connectivity index (χ4v) is 2.13. The normalized spacial score (nSPS) is 10.9. The summed E-state index contributed by atoms with van der Waals surface area (Å²) in [6.07, 6.45) is 2.90. The molecule has 0 bridgehead atoms. The highest BCUT2D eigenvalue weighted by atomic mass is 15.0. The Morgan fingerprint density at radius 2 is 1.89 bits per heavy atom. The van der Waals surface area contributed by atoms with Crippen molar-refractivity contribution in [2.24, 2.45) is 0 Å². The molecule has 0 radical (unpaired) electrons. The Kier molecular flexibility index (Phi) is 2.52. The maximum atomic E-state index is 5.76. The standard InChI is InChI=1S/C15H15N3/c1-2-11-3-6-13(7-4-11)18-10-17-14-9-12(16)5-8-15(14)18/h3-10H,2,16H2,1H3. The molecule has 0 aliphatic rings. The number of aromatic nitrogens is 2. The number of imidazole rings is 1. The molecule has 0 fully saturated rings. The number of aryl methyl sites for hydroxylation is 1. The molecule has 2 aromatic carbocycles. The van der Waals surface area contributed by atoms with Gasteiger partial charge in [0.2, 0.25) is 0 Å². The van der Waals surface area contributed by atoms with Crippen LogP contribution in [-0.2, 0) is 6.42 Å². The Balaban J connectivity index is 2.13. The second-order valence-electron chi connectivity index (χ2n) is 4.38. The summed E-state index contributed by atoms with van der Waals surface area (Å²) >= 11 is 0. The van der Waals surface area contributed by atoms with Crippen molar-refractivity contribution < 1.29 is 0 Å². The zero-order valence-corrected chi connectivity index (χ0v) is 10.3. The van der Waals surface area contributed by atoms with E-state index in [4.69, 9.17) is 5.73 Å². The summed E-state index contributed by atoms with van der Waals surface area (Å²) in [6.45, 7) is 2.16. The van der Waals surface area contributed by atoms with E-state index in [1.54, 1.807) is 0 Å². The van der Waals surface area contributed by atoms with Crippen LogP contribution in [0.4, 0.5) is 5.69 Å². The fourth-order valence-electron chi connectivity index (χ4n) is 2.13. The van der Waals surface area contributed by atoms with Gasteiger partial charge < -0.3 is 5.73 Å². The molecule has 3 rings (SSSR count). The van der Waals surface area contributed by atoms with Gasteiger partial charge in [-0.25, -0.2) is 4.98 Å². The van der Waals surface area contributed by atoms with Crippen LogP contribution in [0.25, 0.3) is 16.7 Å². The van der Waals surface area contributed by atoms with E-state index in [9.17, 15) is 0 Å². The van der Waals surface area contributed by atoms with Crippen LogP contribution in [0.15, 0.2) is 48.8 Å². The second-order valence-corrected chi connectivity index (χ2v) is 4.38. The minimum absolute atomic E-state index is 0.745. The number of nitrogen functional groups attached to an aromatic ring is 1. The van der Waals surface area contributed by atoms with Gasteiger partial charge in [-0.2, -0.15) is 0 Å². The molecular weight excluding hydrogens is 222 g/mol. The van der Waals surface area contributed by atoms with Crippen molar-refractivity contribution in [3.63, 3.8) is 0 Å². The predicted molar refractivity (Wildman–Crippen MR) is 74.9 cm³/mol. The maximum absolute atomic E-state index is 5.76. The molecule has 0 atom stereocenters. The molecule has 90 valence electrons. The van der Waals surface area contributed by atoms with Crippen LogP contribution in [0.3, 0.4) is 0 Å². The minimum atomic E-state index is 0.745. The summed E-state index contributed by atoms with van der Waals surface area (Å²) in [4.78, 5) is 4.38. The molecule has 18 heavy (non-hydrogen) atoms. The fraction of sp³-hybridized carbons (Fsp3) is 0.133. The van der Waals surface area contributed by atoms with E-state index in [1.165, 1.54) is 5.56 Å². The molecule has 2 N–H and O–H groups in total. The number of nitrogens with zero attached hydrogens (tertiary/aromatic N) is 2. The first kappa shape index (κ1) is 10.8. The first-order chi connectivity index (χ1) is 8.78.